The van der Waals surface area contributed by atoms with E-state index in [-0.39, 0.29) is 28.8 Å². The molecular formula is C24H34N4O4. The van der Waals surface area contributed by atoms with Gasteiger partial charge in [-0.25, -0.2) is 4.79 Å². The molecule has 2 spiro atoms. The molecule has 1 aromatic rings. The van der Waals surface area contributed by atoms with E-state index in [2.05, 4.69) is 0 Å². The highest BCUT2D eigenvalue weighted by atomic mass is 16.5. The minimum absolute atomic E-state index is 0.0101. The van der Waals surface area contributed by atoms with Crippen molar-refractivity contribution in [2.45, 2.75) is 37.6 Å². The van der Waals surface area contributed by atoms with Crippen LogP contribution < -0.4 is 4.74 Å². The van der Waals surface area contributed by atoms with Gasteiger partial charge < -0.3 is 24.3 Å². The third kappa shape index (κ3) is 3.69. The summed E-state index contributed by atoms with van der Waals surface area (Å²) in [5.41, 5.74) is 0.0535. The van der Waals surface area contributed by atoms with Gasteiger partial charge >= 0.3 is 6.03 Å². The van der Waals surface area contributed by atoms with E-state index in [1.54, 1.807) is 32.2 Å². The predicted molar refractivity (Wildman–Crippen MR) is 121 cm³/mol. The van der Waals surface area contributed by atoms with E-state index >= 15 is 0 Å². The molecule has 174 valence electrons. The van der Waals surface area contributed by atoms with Gasteiger partial charge in [0.25, 0.3) is 5.91 Å². The number of likely N-dealkylation sites (tertiary alicyclic amines) is 3. The third-order valence-corrected chi connectivity index (χ3v) is 7.81. The second-order valence-electron chi connectivity index (χ2n) is 9.73. The molecule has 1 aromatic carbocycles. The van der Waals surface area contributed by atoms with E-state index in [1.165, 1.54) is 0 Å². The molecular weight excluding hydrogens is 408 g/mol. The molecule has 8 heteroatoms. The molecule has 0 atom stereocenters. The van der Waals surface area contributed by atoms with Crippen LogP contribution in [0.2, 0.25) is 0 Å². The number of urea groups is 1. The molecule has 0 aromatic heterocycles. The summed E-state index contributed by atoms with van der Waals surface area (Å²) in [7, 11) is 7.04. The Morgan fingerprint density at radius 3 is 2.22 bits per heavy atom. The van der Waals surface area contributed by atoms with Crippen LogP contribution in [-0.2, 0) is 4.79 Å². The fourth-order valence-electron chi connectivity index (χ4n) is 5.77. The number of nitrogens with zero attached hydrogens (tertiary/aromatic N) is 4. The van der Waals surface area contributed by atoms with Gasteiger partial charge in [-0.3, -0.25) is 9.59 Å². The summed E-state index contributed by atoms with van der Waals surface area (Å²) < 4.78 is 5.25. The summed E-state index contributed by atoms with van der Waals surface area (Å²) in [6.07, 6.45) is 3.81. The van der Waals surface area contributed by atoms with E-state index in [1.807, 2.05) is 39.9 Å². The summed E-state index contributed by atoms with van der Waals surface area (Å²) in [6.45, 7) is 2.50. The fraction of sp³-hybridized carbons (Fsp3) is 0.625. The molecule has 3 aliphatic rings. The van der Waals surface area contributed by atoms with Gasteiger partial charge in [-0.05, 0) is 50.3 Å². The second kappa shape index (κ2) is 8.30. The first-order chi connectivity index (χ1) is 15.2. The molecule has 4 amide bonds. The van der Waals surface area contributed by atoms with Crippen molar-refractivity contribution in [2.24, 2.45) is 5.41 Å². The van der Waals surface area contributed by atoms with Gasteiger partial charge in [0.2, 0.25) is 5.91 Å². The van der Waals surface area contributed by atoms with Crippen LogP contribution in [0.3, 0.4) is 0 Å². The quantitative estimate of drug-likeness (QED) is 0.705. The Bertz CT molecular complexity index is 899. The molecule has 0 unspecified atom stereocenters. The molecule has 3 fully saturated rings. The van der Waals surface area contributed by atoms with Crippen molar-refractivity contribution in [1.82, 2.24) is 19.6 Å². The molecule has 3 saturated heterocycles. The van der Waals surface area contributed by atoms with E-state index in [9.17, 15) is 14.4 Å². The molecule has 3 aliphatic heterocycles. The van der Waals surface area contributed by atoms with Gasteiger partial charge in [-0.15, -0.1) is 0 Å². The zero-order valence-corrected chi connectivity index (χ0v) is 19.6. The number of carbonyl (C=O) groups is 3. The highest BCUT2D eigenvalue weighted by molar-refractivity contribution is 5.94. The zero-order valence-electron chi connectivity index (χ0n) is 19.6. The van der Waals surface area contributed by atoms with Crippen LogP contribution in [0.5, 0.6) is 5.75 Å². The van der Waals surface area contributed by atoms with Gasteiger partial charge in [-0.2, -0.15) is 0 Å². The van der Waals surface area contributed by atoms with Crippen LogP contribution in [0, 0.1) is 5.41 Å². The van der Waals surface area contributed by atoms with Crippen molar-refractivity contribution >= 4 is 17.8 Å². The van der Waals surface area contributed by atoms with E-state index in [0.29, 0.717) is 50.3 Å². The lowest BCUT2D eigenvalue weighted by Crippen LogP contribution is -2.52. The summed E-state index contributed by atoms with van der Waals surface area (Å²) in [5.74, 6) is 0.893. The lowest BCUT2D eigenvalue weighted by molar-refractivity contribution is -0.139. The largest absolute Gasteiger partial charge is 0.497 e. The average molecular weight is 443 g/mol. The Balaban J connectivity index is 1.42. The van der Waals surface area contributed by atoms with E-state index < -0.39 is 0 Å². The van der Waals surface area contributed by atoms with Crippen molar-refractivity contribution in [3.05, 3.63) is 29.8 Å². The van der Waals surface area contributed by atoms with Crippen LogP contribution in [0.1, 0.15) is 42.5 Å². The molecule has 0 saturated carbocycles. The highest BCUT2D eigenvalue weighted by Crippen LogP contribution is 2.52. The third-order valence-electron chi connectivity index (χ3n) is 7.81. The number of hydrogen-bond acceptors (Lipinski definition) is 4. The Labute approximate surface area is 190 Å². The van der Waals surface area contributed by atoms with Crippen LogP contribution in [-0.4, -0.2) is 97.4 Å². The Hall–Kier alpha value is -2.77. The van der Waals surface area contributed by atoms with Gasteiger partial charge in [0.15, 0.2) is 0 Å². The molecule has 8 nitrogen and oxygen atoms in total. The standard InChI is InChI=1S/C24H34N4O4/c1-25(2)22(31)28-12-8-23(9-13-28)17-24(26(3)21(23)30)10-14-27(15-11-24)20(29)18-6-5-7-19(16-18)32-4/h5-7,16H,8-15,17H2,1-4H3. The van der Waals surface area contributed by atoms with E-state index in [4.69, 9.17) is 4.74 Å². The lowest BCUT2D eigenvalue weighted by atomic mass is 9.71. The van der Waals surface area contributed by atoms with Crippen LogP contribution in [0.4, 0.5) is 4.79 Å². The molecule has 0 radical (unpaired) electrons. The lowest BCUT2D eigenvalue weighted by Gasteiger charge is -2.44. The zero-order chi connectivity index (χ0) is 23.1. The minimum Gasteiger partial charge on any atom is -0.497 e. The summed E-state index contributed by atoms with van der Waals surface area (Å²) >= 11 is 0. The molecule has 4 rings (SSSR count). The van der Waals surface area contributed by atoms with E-state index in [0.717, 1.165) is 19.3 Å². The number of piperidine rings is 2. The predicted octanol–water partition coefficient (Wildman–Crippen LogP) is 2.30. The summed E-state index contributed by atoms with van der Waals surface area (Å²) in [6, 6.07) is 7.27. The first-order valence-corrected chi connectivity index (χ1v) is 11.4. The maximum atomic E-state index is 13.4. The highest BCUT2D eigenvalue weighted by Gasteiger charge is 2.59. The summed E-state index contributed by atoms with van der Waals surface area (Å²) in [5, 5.41) is 0. The smallest absolute Gasteiger partial charge is 0.319 e. The van der Waals surface area contributed by atoms with Crippen molar-refractivity contribution in [3.8, 4) is 5.75 Å². The number of carbonyl (C=O) groups excluding carboxylic acids is 3. The number of amides is 4. The topological polar surface area (TPSA) is 73.4 Å². The molecule has 3 heterocycles. The Morgan fingerprint density at radius 2 is 1.62 bits per heavy atom. The first-order valence-electron chi connectivity index (χ1n) is 11.4. The number of rotatable bonds is 2. The fourth-order valence-corrected chi connectivity index (χ4v) is 5.77. The maximum absolute atomic E-state index is 13.4. The number of methoxy groups -OCH3 is 1. The van der Waals surface area contributed by atoms with Crippen molar-refractivity contribution < 1.29 is 19.1 Å². The molecule has 32 heavy (non-hydrogen) atoms. The molecule has 0 bridgehead atoms. The van der Waals surface area contributed by atoms with Crippen LogP contribution in [0.15, 0.2) is 24.3 Å². The molecule has 0 N–H and O–H groups in total. The average Bonchev–Trinajstić information content (AvgIpc) is 3.00. The van der Waals surface area contributed by atoms with Crippen molar-refractivity contribution in [1.29, 1.82) is 0 Å². The first kappa shape index (κ1) is 22.4. The SMILES string of the molecule is COc1cccc(C(=O)N2CCC3(CC2)CC2(CCN(C(=O)N(C)C)CC2)C(=O)N3C)c1. The van der Waals surface area contributed by atoms with Crippen molar-refractivity contribution in [2.75, 3.05) is 54.4 Å². The van der Waals surface area contributed by atoms with Crippen LogP contribution >= 0.6 is 0 Å². The van der Waals surface area contributed by atoms with Gasteiger partial charge in [0.05, 0.1) is 12.5 Å². The maximum Gasteiger partial charge on any atom is 0.319 e. The Morgan fingerprint density at radius 1 is 1.00 bits per heavy atom. The van der Waals surface area contributed by atoms with Gasteiger partial charge in [-0.1, -0.05) is 6.07 Å². The number of benzene rings is 1. The number of hydrogen-bond donors (Lipinski definition) is 0. The monoisotopic (exact) mass is 442 g/mol. The van der Waals surface area contributed by atoms with Crippen LogP contribution in [0.25, 0.3) is 0 Å². The molecule has 0 aliphatic carbocycles. The Kier molecular flexibility index (Phi) is 5.81. The second-order valence-corrected chi connectivity index (χ2v) is 9.73. The number of ether oxygens (including phenoxy) is 1. The normalized spacial score (nSPS) is 21.9. The van der Waals surface area contributed by atoms with Crippen molar-refractivity contribution in [3.63, 3.8) is 0 Å². The summed E-state index contributed by atoms with van der Waals surface area (Å²) in [4.78, 5) is 46.0. The van der Waals surface area contributed by atoms with Gasteiger partial charge in [0, 0.05) is 58.4 Å². The minimum atomic E-state index is -0.378. The van der Waals surface area contributed by atoms with Gasteiger partial charge in [0.1, 0.15) is 5.75 Å².